The highest BCUT2D eigenvalue weighted by Gasteiger charge is 2.21. The summed E-state index contributed by atoms with van der Waals surface area (Å²) >= 11 is 0. The Balaban J connectivity index is 1.47. The number of anilines is 1. The highest BCUT2D eigenvalue weighted by Crippen LogP contribution is 2.22. The van der Waals surface area contributed by atoms with Crippen LogP contribution < -0.4 is 10.2 Å². The molecule has 1 aromatic heterocycles. The molecule has 0 fully saturated rings. The predicted molar refractivity (Wildman–Crippen MR) is 134 cm³/mol. The Morgan fingerprint density at radius 2 is 1.53 bits per heavy atom. The van der Waals surface area contributed by atoms with Crippen LogP contribution in [-0.4, -0.2) is 11.8 Å². The van der Waals surface area contributed by atoms with Gasteiger partial charge in [0, 0.05) is 5.69 Å². The molecule has 0 aliphatic carbocycles. The molecule has 34 heavy (non-hydrogen) atoms. The molecule has 4 aromatic rings. The summed E-state index contributed by atoms with van der Waals surface area (Å²) in [5.41, 5.74) is 4.86. The fourth-order valence-corrected chi connectivity index (χ4v) is 3.79. The molecule has 0 aliphatic heterocycles. The summed E-state index contributed by atoms with van der Waals surface area (Å²) in [6.45, 7) is 4.42. The largest absolute Gasteiger partial charge is 0.459 e. The maximum absolute atomic E-state index is 13.2. The van der Waals surface area contributed by atoms with Crippen LogP contribution in [-0.2, 0) is 17.8 Å². The van der Waals surface area contributed by atoms with E-state index < -0.39 is 0 Å². The van der Waals surface area contributed by atoms with Crippen LogP contribution in [0.1, 0.15) is 45.8 Å². The van der Waals surface area contributed by atoms with Crippen molar-refractivity contribution < 1.29 is 14.0 Å². The molecule has 0 saturated carbocycles. The molecule has 1 atom stereocenters. The number of hydrogen-bond acceptors (Lipinski definition) is 3. The van der Waals surface area contributed by atoms with E-state index in [0.717, 1.165) is 27.9 Å². The van der Waals surface area contributed by atoms with Crippen molar-refractivity contribution >= 4 is 17.5 Å². The molecule has 0 unspecified atom stereocenters. The number of furan rings is 1. The number of amides is 2. The van der Waals surface area contributed by atoms with E-state index in [1.807, 2.05) is 92.7 Å². The molecule has 2 amide bonds. The summed E-state index contributed by atoms with van der Waals surface area (Å²) in [6.07, 6.45) is 1.76. The zero-order valence-electron chi connectivity index (χ0n) is 19.4. The van der Waals surface area contributed by atoms with Gasteiger partial charge in [-0.3, -0.25) is 9.59 Å². The summed E-state index contributed by atoms with van der Waals surface area (Å²) in [5.74, 6) is 0.0190. The van der Waals surface area contributed by atoms with E-state index in [9.17, 15) is 9.59 Å². The number of benzene rings is 3. The number of nitrogens with one attached hydrogen (secondary N) is 1. The van der Waals surface area contributed by atoms with Crippen molar-refractivity contribution in [3.8, 4) is 0 Å². The van der Waals surface area contributed by atoms with Crippen molar-refractivity contribution in [1.82, 2.24) is 5.32 Å². The second-order valence-electron chi connectivity index (χ2n) is 8.40. The Bertz CT molecular complexity index is 1210. The molecular weight excluding hydrogens is 424 g/mol. The third-order valence-electron chi connectivity index (χ3n) is 5.73. The summed E-state index contributed by atoms with van der Waals surface area (Å²) in [6, 6.07) is 28.8. The molecule has 3 aromatic carbocycles. The number of rotatable bonds is 8. The van der Waals surface area contributed by atoms with Crippen molar-refractivity contribution in [3.63, 3.8) is 0 Å². The lowest BCUT2D eigenvalue weighted by Gasteiger charge is -2.22. The maximum Gasteiger partial charge on any atom is 0.294 e. The SMILES string of the molecule is Cc1ccc(CN(C(=O)c2ccco2)c2ccc(CC(=O)N[C@H](C)c3ccccc3)cc2)cc1. The van der Waals surface area contributed by atoms with Gasteiger partial charge >= 0.3 is 0 Å². The van der Waals surface area contributed by atoms with E-state index in [4.69, 9.17) is 4.42 Å². The smallest absolute Gasteiger partial charge is 0.294 e. The van der Waals surface area contributed by atoms with Gasteiger partial charge in [0.2, 0.25) is 5.91 Å². The minimum Gasteiger partial charge on any atom is -0.459 e. The van der Waals surface area contributed by atoms with Crippen LogP contribution in [0.3, 0.4) is 0 Å². The van der Waals surface area contributed by atoms with E-state index in [0.29, 0.717) is 6.54 Å². The highest BCUT2D eigenvalue weighted by atomic mass is 16.3. The van der Waals surface area contributed by atoms with E-state index in [1.165, 1.54) is 6.26 Å². The Morgan fingerprint density at radius 1 is 0.853 bits per heavy atom. The Morgan fingerprint density at radius 3 is 2.18 bits per heavy atom. The van der Waals surface area contributed by atoms with Crippen molar-refractivity contribution in [3.05, 3.63) is 125 Å². The van der Waals surface area contributed by atoms with Crippen LogP contribution in [0.15, 0.2) is 102 Å². The Kier molecular flexibility index (Phi) is 7.23. The van der Waals surface area contributed by atoms with E-state index in [2.05, 4.69) is 5.32 Å². The monoisotopic (exact) mass is 452 g/mol. The lowest BCUT2D eigenvalue weighted by molar-refractivity contribution is -0.121. The van der Waals surface area contributed by atoms with Gasteiger partial charge in [-0.25, -0.2) is 0 Å². The van der Waals surface area contributed by atoms with Gasteiger partial charge in [0.05, 0.1) is 25.3 Å². The number of carbonyl (C=O) groups is 2. The van der Waals surface area contributed by atoms with Crippen LogP contribution in [0, 0.1) is 6.92 Å². The highest BCUT2D eigenvalue weighted by molar-refractivity contribution is 6.04. The molecule has 0 bridgehead atoms. The number of aryl methyl sites for hydroxylation is 1. The molecule has 172 valence electrons. The molecular formula is C29H28N2O3. The van der Waals surface area contributed by atoms with Crippen LogP contribution >= 0.6 is 0 Å². The molecule has 0 saturated heterocycles. The first-order chi connectivity index (χ1) is 16.5. The van der Waals surface area contributed by atoms with E-state index in [-0.39, 0.29) is 30.0 Å². The first kappa shape index (κ1) is 23.1. The fourth-order valence-electron chi connectivity index (χ4n) is 3.79. The lowest BCUT2D eigenvalue weighted by Crippen LogP contribution is -2.30. The van der Waals surface area contributed by atoms with Gasteiger partial charge in [-0.15, -0.1) is 0 Å². The summed E-state index contributed by atoms with van der Waals surface area (Å²) in [7, 11) is 0. The molecule has 5 nitrogen and oxygen atoms in total. The minimum atomic E-state index is -0.215. The Hall–Kier alpha value is -4.12. The lowest BCUT2D eigenvalue weighted by atomic mass is 10.1. The average Bonchev–Trinajstić information content (AvgIpc) is 3.39. The zero-order chi connectivity index (χ0) is 23.9. The molecule has 1 heterocycles. The normalized spacial score (nSPS) is 11.6. The summed E-state index contributed by atoms with van der Waals surface area (Å²) < 4.78 is 5.36. The van der Waals surface area contributed by atoms with Crippen molar-refractivity contribution in [2.24, 2.45) is 0 Å². The van der Waals surface area contributed by atoms with Crippen LogP contribution in [0.4, 0.5) is 5.69 Å². The predicted octanol–water partition coefficient (Wildman–Crippen LogP) is 5.85. The first-order valence-corrected chi connectivity index (χ1v) is 11.3. The second kappa shape index (κ2) is 10.7. The van der Waals surface area contributed by atoms with Gasteiger partial charge in [0.15, 0.2) is 5.76 Å². The van der Waals surface area contributed by atoms with Crippen molar-refractivity contribution in [2.45, 2.75) is 32.9 Å². The molecule has 4 rings (SSSR count). The topological polar surface area (TPSA) is 62.6 Å². The number of hydrogen-bond donors (Lipinski definition) is 1. The van der Waals surface area contributed by atoms with Crippen LogP contribution in [0.25, 0.3) is 0 Å². The minimum absolute atomic E-state index is 0.0488. The molecule has 1 N–H and O–H groups in total. The maximum atomic E-state index is 13.2. The Labute approximate surface area is 200 Å². The second-order valence-corrected chi connectivity index (χ2v) is 8.40. The third kappa shape index (κ3) is 5.81. The average molecular weight is 453 g/mol. The standard InChI is InChI=1S/C29H28N2O3/c1-21-10-12-24(13-11-21)20-31(29(33)27-9-6-18-34-27)26-16-14-23(15-17-26)19-28(32)30-22(2)25-7-4-3-5-8-25/h3-18,22H,19-20H2,1-2H3,(H,30,32)/t22-/m1/s1. The molecule has 0 spiro atoms. The fraction of sp³-hybridized carbons (Fsp3) is 0.172. The van der Waals surface area contributed by atoms with E-state index in [1.54, 1.807) is 17.0 Å². The quantitative estimate of drug-likeness (QED) is 0.364. The summed E-state index contributed by atoms with van der Waals surface area (Å²) in [5, 5.41) is 3.04. The molecule has 5 heteroatoms. The van der Waals surface area contributed by atoms with Gasteiger partial charge in [-0.1, -0.05) is 72.3 Å². The summed E-state index contributed by atoms with van der Waals surface area (Å²) in [4.78, 5) is 27.4. The van der Waals surface area contributed by atoms with Gasteiger partial charge in [0.1, 0.15) is 0 Å². The number of nitrogens with zero attached hydrogens (tertiary/aromatic N) is 1. The van der Waals surface area contributed by atoms with Crippen molar-refractivity contribution in [2.75, 3.05) is 4.90 Å². The third-order valence-corrected chi connectivity index (χ3v) is 5.73. The van der Waals surface area contributed by atoms with Gasteiger partial charge in [0.25, 0.3) is 5.91 Å². The van der Waals surface area contributed by atoms with Crippen molar-refractivity contribution in [1.29, 1.82) is 0 Å². The first-order valence-electron chi connectivity index (χ1n) is 11.3. The molecule has 0 aliphatic rings. The van der Waals surface area contributed by atoms with Gasteiger partial charge in [-0.2, -0.15) is 0 Å². The van der Waals surface area contributed by atoms with Crippen LogP contribution in [0.5, 0.6) is 0 Å². The van der Waals surface area contributed by atoms with Crippen LogP contribution in [0.2, 0.25) is 0 Å². The zero-order valence-corrected chi connectivity index (χ0v) is 19.4. The molecule has 0 radical (unpaired) electrons. The van der Waals surface area contributed by atoms with Gasteiger partial charge < -0.3 is 14.6 Å². The van der Waals surface area contributed by atoms with Gasteiger partial charge in [-0.05, 0) is 54.8 Å². The number of carbonyl (C=O) groups excluding carboxylic acids is 2. The van der Waals surface area contributed by atoms with E-state index >= 15 is 0 Å².